The van der Waals surface area contributed by atoms with E-state index in [2.05, 4.69) is 10.2 Å². The van der Waals surface area contributed by atoms with E-state index in [9.17, 15) is 13.2 Å². The predicted octanol–water partition coefficient (Wildman–Crippen LogP) is 2.68. The van der Waals surface area contributed by atoms with Crippen molar-refractivity contribution < 1.29 is 13.2 Å². The summed E-state index contributed by atoms with van der Waals surface area (Å²) in [5.74, 6) is -3.04. The molecule has 1 atom stereocenters. The van der Waals surface area contributed by atoms with Crippen LogP contribution in [0.4, 0.5) is 13.2 Å². The van der Waals surface area contributed by atoms with Crippen molar-refractivity contribution in [2.24, 2.45) is 5.92 Å². The van der Waals surface area contributed by atoms with Crippen molar-refractivity contribution >= 4 is 0 Å². The fourth-order valence-electron chi connectivity index (χ4n) is 2.93. The Bertz CT molecular complexity index is 465. The lowest BCUT2D eigenvalue weighted by atomic mass is 10.1. The van der Waals surface area contributed by atoms with Crippen LogP contribution in [0, 0.1) is 23.4 Å². The van der Waals surface area contributed by atoms with Gasteiger partial charge in [0, 0.05) is 19.1 Å². The first kappa shape index (κ1) is 13.9. The summed E-state index contributed by atoms with van der Waals surface area (Å²) in [6.45, 7) is 3.48. The Balaban J connectivity index is 1.45. The number of benzene rings is 1. The molecule has 0 amide bonds. The minimum atomic E-state index is -1.40. The maximum Gasteiger partial charge on any atom is 0.194 e. The first-order chi connectivity index (χ1) is 9.63. The lowest BCUT2D eigenvalue weighted by Crippen LogP contribution is -2.27. The molecule has 1 aromatic carbocycles. The van der Waals surface area contributed by atoms with E-state index < -0.39 is 17.5 Å². The zero-order chi connectivity index (χ0) is 14.1. The number of halogens is 3. The van der Waals surface area contributed by atoms with Gasteiger partial charge < -0.3 is 10.2 Å². The summed E-state index contributed by atoms with van der Waals surface area (Å²) >= 11 is 0. The third-order valence-corrected chi connectivity index (χ3v) is 4.19. The highest BCUT2D eigenvalue weighted by Gasteiger charge is 2.33. The molecule has 1 aliphatic carbocycles. The Kier molecular flexibility index (Phi) is 3.98. The van der Waals surface area contributed by atoms with E-state index >= 15 is 0 Å². The van der Waals surface area contributed by atoms with Crippen LogP contribution in [-0.4, -0.2) is 30.6 Å². The summed E-state index contributed by atoms with van der Waals surface area (Å²) < 4.78 is 39.0. The Hall–Kier alpha value is -1.07. The van der Waals surface area contributed by atoms with Gasteiger partial charge in [-0.05, 0) is 56.0 Å². The third-order valence-electron chi connectivity index (χ3n) is 4.19. The van der Waals surface area contributed by atoms with Gasteiger partial charge in [0.1, 0.15) is 0 Å². The molecule has 1 saturated heterocycles. The Morgan fingerprint density at radius 3 is 2.45 bits per heavy atom. The number of nitrogens with zero attached hydrogens (tertiary/aromatic N) is 1. The van der Waals surface area contributed by atoms with Gasteiger partial charge in [0.15, 0.2) is 17.5 Å². The number of likely N-dealkylation sites (tertiary alicyclic amines) is 1. The van der Waals surface area contributed by atoms with Crippen molar-refractivity contribution in [3.8, 4) is 0 Å². The van der Waals surface area contributed by atoms with Gasteiger partial charge in [-0.1, -0.05) is 0 Å². The van der Waals surface area contributed by atoms with Crippen LogP contribution in [0.5, 0.6) is 0 Å². The predicted molar refractivity (Wildman–Crippen MR) is 70.7 cm³/mol. The van der Waals surface area contributed by atoms with Crippen LogP contribution in [0.1, 0.15) is 24.8 Å². The SMILES string of the molecule is Fc1cc(CNCC2CCN(C3CC3)C2)cc(F)c1F. The first-order valence-electron chi connectivity index (χ1n) is 7.21. The van der Waals surface area contributed by atoms with Crippen molar-refractivity contribution in [1.82, 2.24) is 10.2 Å². The molecule has 1 aromatic rings. The van der Waals surface area contributed by atoms with E-state index in [1.165, 1.54) is 19.3 Å². The summed E-state index contributed by atoms with van der Waals surface area (Å²) in [5.41, 5.74) is 0.443. The van der Waals surface area contributed by atoms with E-state index in [1.807, 2.05) is 0 Å². The molecule has 5 heteroatoms. The van der Waals surface area contributed by atoms with Crippen molar-refractivity contribution in [2.75, 3.05) is 19.6 Å². The minimum absolute atomic E-state index is 0.369. The molecule has 1 saturated carbocycles. The smallest absolute Gasteiger partial charge is 0.194 e. The van der Waals surface area contributed by atoms with Gasteiger partial charge in [0.2, 0.25) is 0 Å². The van der Waals surface area contributed by atoms with Crippen molar-refractivity contribution in [1.29, 1.82) is 0 Å². The maximum absolute atomic E-state index is 13.1. The van der Waals surface area contributed by atoms with Crippen molar-refractivity contribution in [2.45, 2.75) is 31.8 Å². The van der Waals surface area contributed by atoms with Gasteiger partial charge in [-0.3, -0.25) is 0 Å². The molecule has 3 rings (SSSR count). The molecule has 20 heavy (non-hydrogen) atoms. The number of nitrogens with one attached hydrogen (secondary N) is 1. The molecule has 0 spiro atoms. The van der Waals surface area contributed by atoms with Crippen LogP contribution in [0.2, 0.25) is 0 Å². The molecule has 0 aromatic heterocycles. The fourth-order valence-corrected chi connectivity index (χ4v) is 2.93. The molecule has 0 radical (unpaired) electrons. The molecule has 0 bridgehead atoms. The monoisotopic (exact) mass is 284 g/mol. The highest BCUT2D eigenvalue weighted by Crippen LogP contribution is 2.31. The van der Waals surface area contributed by atoms with Gasteiger partial charge in [0.05, 0.1) is 0 Å². The van der Waals surface area contributed by atoms with Gasteiger partial charge in [0.25, 0.3) is 0 Å². The molecule has 1 heterocycles. The van der Waals surface area contributed by atoms with E-state index in [0.29, 0.717) is 18.0 Å². The van der Waals surface area contributed by atoms with Crippen molar-refractivity contribution in [3.05, 3.63) is 35.1 Å². The summed E-state index contributed by atoms with van der Waals surface area (Å²) in [5, 5.41) is 3.21. The van der Waals surface area contributed by atoms with Crippen LogP contribution in [0.15, 0.2) is 12.1 Å². The van der Waals surface area contributed by atoms with E-state index in [0.717, 1.165) is 37.8 Å². The number of hydrogen-bond donors (Lipinski definition) is 1. The largest absolute Gasteiger partial charge is 0.312 e. The molecular weight excluding hydrogens is 265 g/mol. The van der Waals surface area contributed by atoms with Crippen LogP contribution in [0.25, 0.3) is 0 Å². The summed E-state index contributed by atoms with van der Waals surface area (Å²) in [6.07, 6.45) is 3.83. The zero-order valence-corrected chi connectivity index (χ0v) is 11.3. The average molecular weight is 284 g/mol. The minimum Gasteiger partial charge on any atom is -0.312 e. The second-order valence-electron chi connectivity index (χ2n) is 5.89. The van der Waals surface area contributed by atoms with E-state index in [4.69, 9.17) is 0 Å². The summed E-state index contributed by atoms with van der Waals surface area (Å²) in [4.78, 5) is 2.53. The maximum atomic E-state index is 13.1. The first-order valence-corrected chi connectivity index (χ1v) is 7.21. The molecule has 2 fully saturated rings. The zero-order valence-electron chi connectivity index (χ0n) is 11.3. The average Bonchev–Trinajstić information content (AvgIpc) is 3.16. The summed E-state index contributed by atoms with van der Waals surface area (Å²) in [7, 11) is 0. The molecule has 1 N–H and O–H groups in total. The fraction of sp³-hybridized carbons (Fsp3) is 0.600. The highest BCUT2D eigenvalue weighted by molar-refractivity contribution is 5.19. The third kappa shape index (κ3) is 3.15. The van der Waals surface area contributed by atoms with Crippen LogP contribution in [-0.2, 0) is 6.54 Å². The standard InChI is InChI=1S/C15H19F3N2/c16-13-5-11(6-14(17)15(13)18)8-19-7-10-3-4-20(9-10)12-1-2-12/h5-6,10,12,19H,1-4,7-9H2. The molecule has 110 valence electrons. The number of rotatable bonds is 5. The number of hydrogen-bond acceptors (Lipinski definition) is 2. The van der Waals surface area contributed by atoms with E-state index in [1.54, 1.807) is 0 Å². The molecular formula is C15H19F3N2. The lowest BCUT2D eigenvalue weighted by molar-refractivity contribution is 0.312. The lowest BCUT2D eigenvalue weighted by Gasteiger charge is -2.15. The summed E-state index contributed by atoms with van der Waals surface area (Å²) in [6, 6.07) is 2.91. The Labute approximate surface area is 117 Å². The second-order valence-corrected chi connectivity index (χ2v) is 5.89. The highest BCUT2D eigenvalue weighted by atomic mass is 19.2. The van der Waals surface area contributed by atoms with Crippen molar-refractivity contribution in [3.63, 3.8) is 0 Å². The van der Waals surface area contributed by atoms with Gasteiger partial charge in [-0.2, -0.15) is 0 Å². The normalized spacial score (nSPS) is 23.4. The Morgan fingerprint density at radius 2 is 1.80 bits per heavy atom. The molecule has 1 unspecified atom stereocenters. The van der Waals surface area contributed by atoms with Gasteiger partial charge >= 0.3 is 0 Å². The van der Waals surface area contributed by atoms with Crippen LogP contribution in [0.3, 0.4) is 0 Å². The second kappa shape index (κ2) is 5.74. The topological polar surface area (TPSA) is 15.3 Å². The Morgan fingerprint density at radius 1 is 1.10 bits per heavy atom. The van der Waals surface area contributed by atoms with Gasteiger partial charge in [-0.15, -0.1) is 0 Å². The molecule has 2 nitrogen and oxygen atoms in total. The van der Waals surface area contributed by atoms with E-state index in [-0.39, 0.29) is 0 Å². The van der Waals surface area contributed by atoms with Crippen LogP contribution >= 0.6 is 0 Å². The quantitative estimate of drug-likeness (QED) is 0.836. The molecule has 1 aliphatic heterocycles. The van der Waals surface area contributed by atoms with Crippen LogP contribution < -0.4 is 5.32 Å². The molecule has 2 aliphatic rings. The van der Waals surface area contributed by atoms with Gasteiger partial charge in [-0.25, -0.2) is 13.2 Å².